The fourth-order valence-corrected chi connectivity index (χ4v) is 6.99. The van der Waals surface area contributed by atoms with Gasteiger partial charge in [-0.3, -0.25) is 0 Å². The maximum Gasteiger partial charge on any atom is 0.0542 e. The molecule has 0 bridgehead atoms. The molecule has 0 fully saturated rings. The molecular weight excluding hydrogens is 448 g/mol. The SMILES string of the molecule is Cc1ccc(C=Cc2ccc3c(c2)sc2c4ccc(C=Cc5ccc(C)cc5)cc4sc32)cc1. The lowest BCUT2D eigenvalue weighted by molar-refractivity contribution is 1.46. The summed E-state index contributed by atoms with van der Waals surface area (Å²) in [5, 5.41) is 2.73. The molecule has 0 aliphatic rings. The van der Waals surface area contributed by atoms with E-state index in [-0.39, 0.29) is 0 Å². The fraction of sp³-hybridized carbons (Fsp3) is 0.0625. The van der Waals surface area contributed by atoms with Crippen LogP contribution in [0.2, 0.25) is 0 Å². The average molecular weight is 473 g/mol. The zero-order valence-electron chi connectivity index (χ0n) is 19.2. The third-order valence-corrected chi connectivity index (χ3v) is 8.72. The lowest BCUT2D eigenvalue weighted by Crippen LogP contribution is -1.75. The molecule has 4 aromatic carbocycles. The minimum atomic E-state index is 1.23. The van der Waals surface area contributed by atoms with E-state index in [0.29, 0.717) is 0 Å². The molecule has 0 aliphatic heterocycles. The molecule has 0 saturated carbocycles. The zero-order valence-corrected chi connectivity index (χ0v) is 20.8. The van der Waals surface area contributed by atoms with Gasteiger partial charge in [0.2, 0.25) is 0 Å². The van der Waals surface area contributed by atoms with Crippen LogP contribution in [0.1, 0.15) is 33.4 Å². The van der Waals surface area contributed by atoms with Crippen LogP contribution in [0.15, 0.2) is 84.9 Å². The van der Waals surface area contributed by atoms with Gasteiger partial charge in [0.05, 0.1) is 9.40 Å². The molecular formula is C32H24S2. The van der Waals surface area contributed by atoms with Crippen LogP contribution >= 0.6 is 22.7 Å². The molecule has 0 radical (unpaired) electrons. The summed E-state index contributed by atoms with van der Waals surface area (Å²) in [6, 6.07) is 31.0. The van der Waals surface area contributed by atoms with Crippen LogP contribution in [0.4, 0.5) is 0 Å². The Balaban J connectivity index is 1.32. The second-order valence-electron chi connectivity index (χ2n) is 8.86. The lowest BCUT2D eigenvalue weighted by atomic mass is 10.1. The van der Waals surface area contributed by atoms with Crippen LogP contribution in [0, 0.1) is 13.8 Å². The Morgan fingerprint density at radius 2 is 0.794 bits per heavy atom. The first-order chi connectivity index (χ1) is 16.6. The number of thiophene rings is 2. The molecule has 0 spiro atoms. The van der Waals surface area contributed by atoms with Crippen molar-refractivity contribution in [2.24, 2.45) is 0 Å². The second-order valence-corrected chi connectivity index (χ2v) is 11.0. The van der Waals surface area contributed by atoms with Gasteiger partial charge in [-0.2, -0.15) is 0 Å². The van der Waals surface area contributed by atoms with Crippen LogP contribution in [0.5, 0.6) is 0 Å². The normalized spacial score (nSPS) is 12.2. The van der Waals surface area contributed by atoms with Crippen molar-refractivity contribution in [1.82, 2.24) is 0 Å². The van der Waals surface area contributed by atoms with Gasteiger partial charge in [-0.25, -0.2) is 0 Å². The number of fused-ring (bicyclic) bond motifs is 5. The van der Waals surface area contributed by atoms with Gasteiger partial charge in [-0.15, -0.1) is 22.7 Å². The van der Waals surface area contributed by atoms with Gasteiger partial charge in [0.1, 0.15) is 0 Å². The van der Waals surface area contributed by atoms with Crippen molar-refractivity contribution in [3.8, 4) is 0 Å². The Hall–Kier alpha value is -3.46. The third kappa shape index (κ3) is 4.11. The lowest BCUT2D eigenvalue weighted by Gasteiger charge is -1.98. The van der Waals surface area contributed by atoms with E-state index in [9.17, 15) is 0 Å². The summed E-state index contributed by atoms with van der Waals surface area (Å²) in [5.41, 5.74) is 7.54. The highest BCUT2D eigenvalue weighted by atomic mass is 32.1. The first-order valence-corrected chi connectivity index (χ1v) is 13.1. The number of rotatable bonds is 4. The summed E-state index contributed by atoms with van der Waals surface area (Å²) in [6.45, 7) is 4.24. The van der Waals surface area contributed by atoms with E-state index in [2.05, 4.69) is 123 Å². The molecule has 6 rings (SSSR count). The summed E-state index contributed by atoms with van der Waals surface area (Å²) in [4.78, 5) is 0. The van der Waals surface area contributed by atoms with Crippen LogP contribution in [-0.4, -0.2) is 0 Å². The molecule has 2 heteroatoms. The predicted molar refractivity (Wildman–Crippen MR) is 155 cm³/mol. The first-order valence-electron chi connectivity index (χ1n) is 11.5. The topological polar surface area (TPSA) is 0 Å². The Morgan fingerprint density at radius 1 is 0.441 bits per heavy atom. The Morgan fingerprint density at radius 3 is 1.21 bits per heavy atom. The standard InChI is InChI=1S/C32H24S2/c1-21-3-7-23(8-4-21)11-13-25-15-17-27-29(19-25)33-32-28-18-16-26(20-30(28)34-31(27)32)14-12-24-9-5-22(2)6-10-24/h3-20H,1-2H3. The van der Waals surface area contributed by atoms with Gasteiger partial charge >= 0.3 is 0 Å². The van der Waals surface area contributed by atoms with Crippen LogP contribution in [-0.2, 0) is 0 Å². The van der Waals surface area contributed by atoms with Crippen molar-refractivity contribution >= 4 is 76.5 Å². The molecule has 0 saturated heterocycles. The van der Waals surface area contributed by atoms with Crippen LogP contribution in [0.25, 0.3) is 53.9 Å². The quantitative estimate of drug-likeness (QED) is 0.224. The van der Waals surface area contributed by atoms with Gasteiger partial charge in [0.15, 0.2) is 0 Å². The van der Waals surface area contributed by atoms with Gasteiger partial charge < -0.3 is 0 Å². The molecule has 0 nitrogen and oxygen atoms in total. The highest BCUT2D eigenvalue weighted by Gasteiger charge is 2.12. The summed E-state index contributed by atoms with van der Waals surface area (Å²) >= 11 is 3.82. The van der Waals surface area contributed by atoms with Crippen molar-refractivity contribution in [2.45, 2.75) is 13.8 Å². The highest BCUT2D eigenvalue weighted by molar-refractivity contribution is 7.36. The number of benzene rings is 4. The van der Waals surface area contributed by atoms with Crippen molar-refractivity contribution in [2.75, 3.05) is 0 Å². The molecule has 164 valence electrons. The van der Waals surface area contributed by atoms with E-state index in [0.717, 1.165) is 0 Å². The highest BCUT2D eigenvalue weighted by Crippen LogP contribution is 2.44. The molecule has 2 heterocycles. The third-order valence-electron chi connectivity index (χ3n) is 6.22. The van der Waals surface area contributed by atoms with Crippen LogP contribution in [0.3, 0.4) is 0 Å². The van der Waals surface area contributed by atoms with E-state index >= 15 is 0 Å². The van der Waals surface area contributed by atoms with E-state index in [1.54, 1.807) is 0 Å². The first kappa shape index (κ1) is 21.1. The van der Waals surface area contributed by atoms with Crippen molar-refractivity contribution in [1.29, 1.82) is 0 Å². The summed E-state index contributed by atoms with van der Waals surface area (Å²) < 4.78 is 5.53. The maximum absolute atomic E-state index is 2.32. The van der Waals surface area contributed by atoms with E-state index in [4.69, 9.17) is 0 Å². The Bertz CT molecular complexity index is 1560. The summed E-state index contributed by atoms with van der Waals surface area (Å²) in [7, 11) is 0. The fourth-order valence-electron chi connectivity index (χ4n) is 4.24. The molecule has 6 aromatic rings. The van der Waals surface area contributed by atoms with Crippen LogP contribution < -0.4 is 0 Å². The minimum absolute atomic E-state index is 1.23. The smallest absolute Gasteiger partial charge is 0.0542 e. The predicted octanol–water partition coefficient (Wildman–Crippen LogP) is 10.2. The Labute approximate surface area is 208 Å². The molecule has 0 N–H and O–H groups in total. The average Bonchev–Trinajstić information content (AvgIpc) is 3.38. The Kier molecular flexibility index (Phi) is 5.41. The van der Waals surface area contributed by atoms with Gasteiger partial charge in [0, 0.05) is 20.2 Å². The molecule has 0 atom stereocenters. The maximum atomic E-state index is 2.32. The summed E-state index contributed by atoms with van der Waals surface area (Å²) in [6.07, 6.45) is 8.81. The number of hydrogen-bond donors (Lipinski definition) is 0. The van der Waals surface area contributed by atoms with Crippen molar-refractivity contribution < 1.29 is 0 Å². The van der Waals surface area contributed by atoms with Gasteiger partial charge in [-0.1, -0.05) is 108 Å². The molecule has 0 aliphatic carbocycles. The molecule has 0 amide bonds. The second kappa shape index (κ2) is 8.72. The largest absolute Gasteiger partial charge is 0.134 e. The van der Waals surface area contributed by atoms with Gasteiger partial charge in [-0.05, 0) is 48.2 Å². The van der Waals surface area contributed by atoms with Gasteiger partial charge in [0.25, 0.3) is 0 Å². The summed E-state index contributed by atoms with van der Waals surface area (Å²) in [5.74, 6) is 0. The number of hydrogen-bond acceptors (Lipinski definition) is 2. The molecule has 2 aromatic heterocycles. The molecule has 34 heavy (non-hydrogen) atoms. The van der Waals surface area contributed by atoms with E-state index in [1.807, 2.05) is 22.7 Å². The monoisotopic (exact) mass is 472 g/mol. The van der Waals surface area contributed by atoms with Crippen molar-refractivity contribution in [3.05, 3.63) is 118 Å². The van der Waals surface area contributed by atoms with E-state index < -0.39 is 0 Å². The minimum Gasteiger partial charge on any atom is -0.134 e. The molecule has 0 unspecified atom stereocenters. The zero-order chi connectivity index (χ0) is 23.1. The number of aryl methyl sites for hydroxylation is 2. The van der Waals surface area contributed by atoms with E-state index in [1.165, 1.54) is 63.0 Å². The van der Waals surface area contributed by atoms with Crippen molar-refractivity contribution in [3.63, 3.8) is 0 Å².